The molecule has 0 spiro atoms. The van der Waals surface area contributed by atoms with Gasteiger partial charge in [-0.15, -0.1) is 11.3 Å². The first kappa shape index (κ1) is 27.6. The summed E-state index contributed by atoms with van der Waals surface area (Å²) in [5, 5.41) is 12.4. The van der Waals surface area contributed by atoms with Crippen molar-refractivity contribution in [2.75, 3.05) is 50.4 Å². The van der Waals surface area contributed by atoms with E-state index in [1.807, 2.05) is 24.3 Å². The lowest BCUT2D eigenvalue weighted by molar-refractivity contribution is 0.0369. The van der Waals surface area contributed by atoms with Gasteiger partial charge in [-0.05, 0) is 49.4 Å². The quantitative estimate of drug-likeness (QED) is 0.259. The number of morpholine rings is 1. The molecule has 2 aromatic heterocycles. The summed E-state index contributed by atoms with van der Waals surface area (Å²) in [5.74, 6) is -0.324. The van der Waals surface area contributed by atoms with Crippen molar-refractivity contribution in [3.8, 4) is 0 Å². The van der Waals surface area contributed by atoms with Crippen LogP contribution >= 0.6 is 11.3 Å². The summed E-state index contributed by atoms with van der Waals surface area (Å²) < 4.78 is 5.44. The van der Waals surface area contributed by atoms with Crippen molar-refractivity contribution < 1.29 is 14.3 Å². The number of benzene rings is 1. The lowest BCUT2D eigenvalue weighted by Crippen LogP contribution is -2.39. The number of hydrogen-bond acceptors (Lipinski definition) is 7. The topological polar surface area (TPSA) is 122 Å². The van der Waals surface area contributed by atoms with Gasteiger partial charge in [-0.3, -0.25) is 14.7 Å². The van der Waals surface area contributed by atoms with Gasteiger partial charge in [0.05, 0.1) is 30.6 Å². The van der Waals surface area contributed by atoms with E-state index < -0.39 is 0 Å². The molecule has 0 aliphatic carbocycles. The Bertz CT molecular complexity index is 1150. The molecule has 10 heteroatoms. The Kier molecular flexibility index (Phi) is 10.5. The number of pyridine rings is 1. The first-order chi connectivity index (χ1) is 18.6. The van der Waals surface area contributed by atoms with Gasteiger partial charge in [0.15, 0.2) is 0 Å². The Hall–Kier alpha value is -3.47. The minimum Gasteiger partial charge on any atom is -0.396 e. The number of nitrogens with one attached hydrogen (secondary N) is 3. The Labute approximate surface area is 227 Å². The molecular formula is C28H36N6O3S. The fraction of sp³-hybridized carbons (Fsp3) is 0.393. The standard InChI is InChI=1S/C28H36N6O3S/c29-23-19-38-20-26(23)32-27(35)25-11-10-22(18-31-25)24(9-5-13-34-14-16-37-17-15-34)33-28(36)30-12-4-8-21-6-2-1-3-7-21/h1-3,6-7,10-11,18-20,24H,4-5,8-9,12-17,29H2,(H,32,35)(H2,30,33,36). The number of urea groups is 1. The molecule has 5 N–H and O–H groups in total. The first-order valence-corrected chi connectivity index (χ1v) is 14.0. The van der Waals surface area contributed by atoms with E-state index in [-0.39, 0.29) is 23.7 Å². The zero-order valence-corrected chi connectivity index (χ0v) is 22.3. The SMILES string of the molecule is Nc1cscc1NC(=O)c1ccc(C(CCCN2CCOCC2)NC(=O)NCCCc2ccccc2)cn1. The largest absolute Gasteiger partial charge is 0.396 e. The summed E-state index contributed by atoms with van der Waals surface area (Å²) in [6.07, 6.45) is 5.11. The number of thiophene rings is 1. The maximum atomic E-state index is 12.7. The van der Waals surface area contributed by atoms with Gasteiger partial charge < -0.3 is 26.4 Å². The summed E-state index contributed by atoms with van der Waals surface area (Å²) >= 11 is 1.42. The van der Waals surface area contributed by atoms with E-state index in [2.05, 4.69) is 38.0 Å². The molecule has 1 aliphatic rings. The van der Waals surface area contributed by atoms with Crippen LogP contribution < -0.4 is 21.7 Å². The number of nitrogens with zero attached hydrogens (tertiary/aromatic N) is 2. The summed E-state index contributed by atoms with van der Waals surface area (Å²) in [5.41, 5.74) is 9.38. The molecule has 0 bridgehead atoms. The predicted molar refractivity (Wildman–Crippen MR) is 151 cm³/mol. The summed E-state index contributed by atoms with van der Waals surface area (Å²) in [6, 6.07) is 13.4. The van der Waals surface area contributed by atoms with Crippen LogP contribution in [0.1, 0.15) is 46.9 Å². The number of hydrogen-bond donors (Lipinski definition) is 4. The van der Waals surface area contributed by atoms with Crippen molar-refractivity contribution in [1.82, 2.24) is 20.5 Å². The van der Waals surface area contributed by atoms with Crippen LogP contribution in [0.25, 0.3) is 0 Å². The van der Waals surface area contributed by atoms with Gasteiger partial charge in [-0.25, -0.2) is 4.79 Å². The molecule has 0 radical (unpaired) electrons. The third-order valence-corrected chi connectivity index (χ3v) is 7.27. The summed E-state index contributed by atoms with van der Waals surface area (Å²) in [7, 11) is 0. The molecule has 3 amide bonds. The second-order valence-corrected chi connectivity index (χ2v) is 10.1. The molecule has 9 nitrogen and oxygen atoms in total. The van der Waals surface area contributed by atoms with E-state index in [1.165, 1.54) is 16.9 Å². The van der Waals surface area contributed by atoms with Crippen LogP contribution in [0.3, 0.4) is 0 Å². The van der Waals surface area contributed by atoms with Crippen LogP contribution in [0.4, 0.5) is 16.2 Å². The van der Waals surface area contributed by atoms with Crippen LogP contribution in [0.2, 0.25) is 0 Å². The van der Waals surface area contributed by atoms with Gasteiger partial charge in [0.2, 0.25) is 0 Å². The zero-order valence-electron chi connectivity index (χ0n) is 21.5. The number of ether oxygens (including phenoxy) is 1. The molecule has 38 heavy (non-hydrogen) atoms. The fourth-order valence-electron chi connectivity index (χ4n) is 4.35. The average molecular weight is 537 g/mol. The van der Waals surface area contributed by atoms with E-state index in [9.17, 15) is 9.59 Å². The zero-order chi connectivity index (χ0) is 26.6. The number of aromatic nitrogens is 1. The highest BCUT2D eigenvalue weighted by Crippen LogP contribution is 2.24. The van der Waals surface area contributed by atoms with Gasteiger partial charge in [0.1, 0.15) is 5.69 Å². The molecule has 1 aromatic carbocycles. The Morgan fingerprint density at radius 1 is 1.08 bits per heavy atom. The third-order valence-electron chi connectivity index (χ3n) is 6.51. The van der Waals surface area contributed by atoms with Gasteiger partial charge in [-0.2, -0.15) is 0 Å². The van der Waals surface area contributed by atoms with E-state index in [4.69, 9.17) is 10.5 Å². The second kappa shape index (κ2) is 14.5. The van der Waals surface area contributed by atoms with Gasteiger partial charge in [-0.1, -0.05) is 36.4 Å². The number of carbonyl (C=O) groups excluding carboxylic acids is 2. The maximum absolute atomic E-state index is 12.7. The minimum atomic E-state index is -0.324. The molecule has 4 rings (SSSR count). The van der Waals surface area contributed by atoms with Crippen LogP contribution in [-0.2, 0) is 11.2 Å². The lowest BCUT2D eigenvalue weighted by Gasteiger charge is -2.27. The van der Waals surface area contributed by atoms with Gasteiger partial charge >= 0.3 is 6.03 Å². The molecule has 1 aliphatic heterocycles. The molecular weight excluding hydrogens is 500 g/mol. The van der Waals surface area contributed by atoms with E-state index in [1.54, 1.807) is 23.0 Å². The number of nitrogens with two attached hydrogens (primary N) is 1. The first-order valence-electron chi connectivity index (χ1n) is 13.1. The highest BCUT2D eigenvalue weighted by molar-refractivity contribution is 7.09. The van der Waals surface area contributed by atoms with Crippen LogP contribution in [0.15, 0.2) is 59.4 Å². The number of amides is 3. The molecule has 1 atom stereocenters. The normalized spacial score (nSPS) is 14.5. The summed E-state index contributed by atoms with van der Waals surface area (Å²) in [6.45, 7) is 4.91. The highest BCUT2D eigenvalue weighted by Gasteiger charge is 2.18. The van der Waals surface area contributed by atoms with Crippen LogP contribution in [0, 0.1) is 0 Å². The number of nitrogen functional groups attached to an aromatic ring is 1. The lowest BCUT2D eigenvalue weighted by atomic mass is 10.0. The van der Waals surface area contributed by atoms with Crippen molar-refractivity contribution >= 4 is 34.6 Å². The molecule has 1 fully saturated rings. The van der Waals surface area contributed by atoms with Crippen molar-refractivity contribution in [3.63, 3.8) is 0 Å². The average Bonchev–Trinajstić information content (AvgIpc) is 3.35. The monoisotopic (exact) mass is 536 g/mol. The smallest absolute Gasteiger partial charge is 0.315 e. The van der Waals surface area contributed by atoms with Gasteiger partial charge in [0, 0.05) is 36.6 Å². The van der Waals surface area contributed by atoms with Crippen molar-refractivity contribution in [1.29, 1.82) is 0 Å². The third kappa shape index (κ3) is 8.54. The second-order valence-electron chi connectivity index (χ2n) is 9.31. The Morgan fingerprint density at radius 2 is 1.89 bits per heavy atom. The number of rotatable bonds is 12. The number of carbonyl (C=O) groups is 2. The molecule has 1 saturated heterocycles. The maximum Gasteiger partial charge on any atom is 0.315 e. The van der Waals surface area contributed by atoms with E-state index in [0.29, 0.717) is 17.9 Å². The van der Waals surface area contributed by atoms with E-state index >= 15 is 0 Å². The molecule has 0 saturated carbocycles. The van der Waals surface area contributed by atoms with Crippen LogP contribution in [0.5, 0.6) is 0 Å². The van der Waals surface area contributed by atoms with Crippen molar-refractivity contribution in [2.45, 2.75) is 31.7 Å². The Balaban J connectivity index is 1.32. The molecule has 3 aromatic rings. The highest BCUT2D eigenvalue weighted by atomic mass is 32.1. The molecule has 202 valence electrons. The number of anilines is 2. The van der Waals surface area contributed by atoms with E-state index in [0.717, 1.165) is 64.1 Å². The Morgan fingerprint density at radius 3 is 2.61 bits per heavy atom. The van der Waals surface area contributed by atoms with Crippen molar-refractivity contribution in [3.05, 3.63) is 76.2 Å². The van der Waals surface area contributed by atoms with Crippen LogP contribution in [-0.4, -0.2) is 61.2 Å². The molecule has 1 unspecified atom stereocenters. The fourth-order valence-corrected chi connectivity index (χ4v) is 5.03. The predicted octanol–water partition coefficient (Wildman–Crippen LogP) is 4.06. The van der Waals surface area contributed by atoms with Gasteiger partial charge in [0.25, 0.3) is 5.91 Å². The summed E-state index contributed by atoms with van der Waals surface area (Å²) in [4.78, 5) is 32.1. The number of aryl methyl sites for hydroxylation is 1. The minimum absolute atomic E-state index is 0.204. The molecule has 3 heterocycles. The van der Waals surface area contributed by atoms with Crippen molar-refractivity contribution in [2.24, 2.45) is 0 Å².